The summed E-state index contributed by atoms with van der Waals surface area (Å²) in [6.45, 7) is 4.12. The second-order valence-corrected chi connectivity index (χ2v) is 11.1. The molecule has 2 atom stereocenters. The van der Waals surface area contributed by atoms with E-state index in [-0.39, 0.29) is 12.3 Å². The van der Waals surface area contributed by atoms with Gasteiger partial charge in [-0.15, -0.1) is 0 Å². The largest absolute Gasteiger partial charge is 0.387 e. The minimum absolute atomic E-state index is 0.199. The molecule has 0 radical (unpaired) electrons. The van der Waals surface area contributed by atoms with E-state index in [9.17, 15) is 22.9 Å². The molecular weight excluding hydrogens is 534 g/mol. The Kier molecular flexibility index (Phi) is 25.6. The summed E-state index contributed by atoms with van der Waals surface area (Å²) >= 11 is 0. The lowest BCUT2D eigenvalue weighted by atomic mass is 10.1. The zero-order valence-electron chi connectivity index (χ0n) is 25.1. The molecule has 0 fully saturated rings. The summed E-state index contributed by atoms with van der Waals surface area (Å²) in [6.07, 6.45) is 41.3. The number of hydrogen-bond acceptors (Lipinski definition) is 4. The first-order valence-electron chi connectivity index (χ1n) is 14.9. The van der Waals surface area contributed by atoms with E-state index in [1.807, 2.05) is 19.1 Å². The Morgan fingerprint density at radius 3 is 1.68 bits per heavy atom. The minimum Gasteiger partial charge on any atom is -0.387 e. The number of aliphatic hydroxyl groups is 1. The van der Waals surface area contributed by atoms with Gasteiger partial charge in [-0.05, 0) is 77.6 Å². The van der Waals surface area contributed by atoms with Crippen molar-refractivity contribution in [3.8, 4) is 0 Å². The molecule has 0 aromatic carbocycles. The molecule has 0 aliphatic carbocycles. The summed E-state index contributed by atoms with van der Waals surface area (Å²) < 4.78 is 32.1. The van der Waals surface area contributed by atoms with Crippen LogP contribution in [0.1, 0.15) is 90.9 Å². The molecule has 2 unspecified atom stereocenters. The third-order valence-electron chi connectivity index (χ3n) is 5.82. The maximum absolute atomic E-state index is 12.3. The van der Waals surface area contributed by atoms with Gasteiger partial charge < -0.3 is 10.4 Å². The van der Waals surface area contributed by atoms with E-state index in [1.54, 1.807) is 6.08 Å². The average Bonchev–Trinajstić information content (AvgIpc) is 2.92. The minimum atomic E-state index is -4.37. The monoisotopic (exact) mass is 587 g/mol. The summed E-state index contributed by atoms with van der Waals surface area (Å²) in [6, 6.07) is -1.11. The van der Waals surface area contributed by atoms with Crippen molar-refractivity contribution in [2.75, 3.05) is 5.75 Å². The van der Waals surface area contributed by atoms with Crippen LogP contribution in [0.3, 0.4) is 0 Å². The van der Waals surface area contributed by atoms with Gasteiger partial charge in [-0.25, -0.2) is 0 Å². The second kappa shape index (κ2) is 27.4. The first-order chi connectivity index (χ1) is 19.8. The summed E-state index contributed by atoms with van der Waals surface area (Å²) in [5.74, 6) is -1.10. The number of aliphatic hydroxyl groups excluding tert-OH is 1. The summed E-state index contributed by atoms with van der Waals surface area (Å²) in [7, 11) is -4.37. The normalized spacial score (nSPS) is 14.9. The Bertz CT molecular complexity index is 1000. The van der Waals surface area contributed by atoms with E-state index in [4.69, 9.17) is 0 Å². The quantitative estimate of drug-likeness (QED) is 0.0605. The van der Waals surface area contributed by atoms with Crippen LogP contribution in [-0.2, 0) is 14.9 Å². The average molecular weight is 588 g/mol. The summed E-state index contributed by atoms with van der Waals surface area (Å²) in [4.78, 5) is 12.3. The van der Waals surface area contributed by atoms with Crippen LogP contribution in [-0.4, -0.2) is 41.9 Å². The van der Waals surface area contributed by atoms with Gasteiger partial charge >= 0.3 is 0 Å². The highest BCUT2D eigenvalue weighted by atomic mass is 32.2. The van der Waals surface area contributed by atoms with Crippen molar-refractivity contribution in [3.63, 3.8) is 0 Å². The lowest BCUT2D eigenvalue weighted by Crippen LogP contribution is -2.46. The van der Waals surface area contributed by atoms with E-state index in [2.05, 4.69) is 85.2 Å². The van der Waals surface area contributed by atoms with Gasteiger partial charge in [0.15, 0.2) is 0 Å². The molecule has 0 heterocycles. The molecule has 230 valence electrons. The molecule has 3 N–H and O–H groups in total. The number of carbonyl (C=O) groups excluding carboxylic acids is 1. The Hall–Kier alpha value is -2.74. The molecule has 41 heavy (non-hydrogen) atoms. The standard InChI is InChI=1S/C34H53NO5S/c1-3-5-7-9-11-13-14-15-16-17-18-19-20-22-24-26-28-30-34(37)35-32(31-41(38,39)40)33(36)29-27-25-23-21-12-10-8-6-4-2/h4-7,11-13,15-16,18-19,21-22,24,27,29,32-33,36H,3,8-10,14,17,20,23,25-26,28,30-31H2,1-2H3,(H,35,37)(H,38,39,40)/b6-4+,7-5-,13-11-,16-15-,19-18-,21-12+,24-22-,29-27+. The Morgan fingerprint density at radius 1 is 0.707 bits per heavy atom. The fraction of sp³-hybridized carbons (Fsp3) is 0.500. The van der Waals surface area contributed by atoms with Gasteiger partial charge in [0.2, 0.25) is 5.91 Å². The van der Waals surface area contributed by atoms with Crippen LogP contribution >= 0.6 is 0 Å². The molecule has 0 aromatic rings. The van der Waals surface area contributed by atoms with Crippen LogP contribution in [0.4, 0.5) is 0 Å². The van der Waals surface area contributed by atoms with Gasteiger partial charge in [-0.3, -0.25) is 9.35 Å². The highest BCUT2D eigenvalue weighted by molar-refractivity contribution is 7.85. The Labute approximate surface area is 249 Å². The number of hydrogen-bond donors (Lipinski definition) is 3. The predicted octanol–water partition coefficient (Wildman–Crippen LogP) is 7.89. The highest BCUT2D eigenvalue weighted by Crippen LogP contribution is 2.06. The molecule has 0 aromatic heterocycles. The molecule has 7 heteroatoms. The van der Waals surface area contributed by atoms with E-state index in [0.717, 1.165) is 51.4 Å². The Morgan fingerprint density at radius 2 is 1.17 bits per heavy atom. The maximum atomic E-state index is 12.3. The number of rotatable bonds is 24. The summed E-state index contributed by atoms with van der Waals surface area (Å²) in [5, 5.41) is 13.0. The van der Waals surface area contributed by atoms with Crippen LogP contribution in [0, 0.1) is 0 Å². The van der Waals surface area contributed by atoms with E-state index in [0.29, 0.717) is 19.3 Å². The molecule has 6 nitrogen and oxygen atoms in total. The lowest BCUT2D eigenvalue weighted by molar-refractivity contribution is -0.122. The third kappa shape index (κ3) is 28.6. The second-order valence-electron chi connectivity index (χ2n) is 9.64. The number of amides is 1. The number of allylic oxidation sites excluding steroid dienone is 15. The zero-order valence-corrected chi connectivity index (χ0v) is 25.9. The third-order valence-corrected chi connectivity index (χ3v) is 6.60. The SMILES string of the molecule is C/C=C/CC/C=C/CC/C=C/C(O)C(CS(=O)(=O)O)NC(=O)CCC/C=C\C/C=C\C/C=C\C/C=C\C/C=C\CC. The van der Waals surface area contributed by atoms with E-state index >= 15 is 0 Å². The predicted molar refractivity (Wildman–Crippen MR) is 174 cm³/mol. The molecule has 0 aliphatic rings. The van der Waals surface area contributed by atoms with E-state index in [1.165, 1.54) is 6.08 Å². The van der Waals surface area contributed by atoms with Gasteiger partial charge in [0.05, 0.1) is 17.9 Å². The topological polar surface area (TPSA) is 104 Å². The van der Waals surface area contributed by atoms with Crippen molar-refractivity contribution in [1.82, 2.24) is 5.32 Å². The van der Waals surface area contributed by atoms with Crippen LogP contribution in [0.2, 0.25) is 0 Å². The maximum Gasteiger partial charge on any atom is 0.267 e. The Balaban J connectivity index is 4.27. The van der Waals surface area contributed by atoms with Gasteiger partial charge in [-0.2, -0.15) is 8.42 Å². The van der Waals surface area contributed by atoms with Crippen molar-refractivity contribution >= 4 is 16.0 Å². The first kappa shape index (κ1) is 38.3. The fourth-order valence-electron chi connectivity index (χ4n) is 3.64. The van der Waals surface area contributed by atoms with Crippen LogP contribution in [0.5, 0.6) is 0 Å². The molecule has 0 rings (SSSR count). The zero-order chi connectivity index (χ0) is 30.4. The van der Waals surface area contributed by atoms with Gasteiger partial charge in [0.25, 0.3) is 10.1 Å². The van der Waals surface area contributed by atoms with Crippen molar-refractivity contribution < 1.29 is 22.9 Å². The van der Waals surface area contributed by atoms with Gasteiger partial charge in [0.1, 0.15) is 0 Å². The van der Waals surface area contributed by atoms with Crippen molar-refractivity contribution in [3.05, 3.63) is 97.2 Å². The highest BCUT2D eigenvalue weighted by Gasteiger charge is 2.24. The van der Waals surface area contributed by atoms with Crippen LogP contribution in [0.25, 0.3) is 0 Å². The first-order valence-corrected chi connectivity index (χ1v) is 16.5. The van der Waals surface area contributed by atoms with Crippen molar-refractivity contribution in [2.45, 2.75) is 103 Å². The molecular formula is C34H53NO5S. The molecule has 0 saturated carbocycles. The number of nitrogens with one attached hydrogen (secondary N) is 1. The van der Waals surface area contributed by atoms with Crippen molar-refractivity contribution in [2.24, 2.45) is 0 Å². The molecule has 0 spiro atoms. The van der Waals surface area contributed by atoms with E-state index < -0.39 is 28.0 Å². The van der Waals surface area contributed by atoms with Crippen molar-refractivity contribution in [1.29, 1.82) is 0 Å². The molecule has 1 amide bonds. The smallest absolute Gasteiger partial charge is 0.267 e. The van der Waals surface area contributed by atoms with Gasteiger partial charge in [0, 0.05) is 6.42 Å². The molecule has 0 saturated heterocycles. The summed E-state index contributed by atoms with van der Waals surface area (Å²) in [5.41, 5.74) is 0. The van der Waals surface area contributed by atoms with Gasteiger partial charge in [-0.1, -0.05) is 104 Å². The fourth-order valence-corrected chi connectivity index (χ4v) is 4.37. The van der Waals surface area contributed by atoms with Crippen LogP contribution in [0.15, 0.2) is 97.2 Å². The number of carbonyl (C=O) groups is 1. The molecule has 0 aliphatic heterocycles. The molecule has 0 bridgehead atoms. The van der Waals surface area contributed by atoms with Crippen LogP contribution < -0.4 is 5.32 Å². The lowest BCUT2D eigenvalue weighted by Gasteiger charge is -2.21. The number of unbranched alkanes of at least 4 members (excludes halogenated alkanes) is 3.